The second kappa shape index (κ2) is 7.64. The first-order chi connectivity index (χ1) is 11.7. The number of pyridine rings is 2. The minimum Gasteiger partial charge on any atom is -0.491 e. The van der Waals surface area contributed by atoms with Crippen LogP contribution in [0.5, 0.6) is 11.6 Å². The lowest BCUT2D eigenvalue weighted by Crippen LogP contribution is -2.07. The van der Waals surface area contributed by atoms with E-state index in [-0.39, 0.29) is 5.92 Å². The number of methoxy groups -OCH3 is 1. The van der Waals surface area contributed by atoms with Gasteiger partial charge in [0, 0.05) is 30.5 Å². The molecule has 6 nitrogen and oxygen atoms in total. The zero-order valence-corrected chi connectivity index (χ0v) is 13.9. The second-order valence-electron chi connectivity index (χ2n) is 5.78. The van der Waals surface area contributed by atoms with E-state index in [0.29, 0.717) is 31.2 Å². The van der Waals surface area contributed by atoms with Crippen LogP contribution in [0.2, 0.25) is 6.32 Å². The van der Waals surface area contributed by atoms with E-state index in [1.54, 1.807) is 13.3 Å². The minimum atomic E-state index is -0.688. The molecule has 3 heterocycles. The van der Waals surface area contributed by atoms with Crippen LogP contribution >= 0.6 is 0 Å². The summed E-state index contributed by atoms with van der Waals surface area (Å²) in [6, 6.07) is 5.78. The summed E-state index contributed by atoms with van der Waals surface area (Å²) >= 11 is 0. The zero-order chi connectivity index (χ0) is 16.9. The van der Waals surface area contributed by atoms with Crippen molar-refractivity contribution in [1.29, 1.82) is 0 Å². The Morgan fingerprint density at radius 1 is 1.38 bits per heavy atom. The zero-order valence-electron chi connectivity index (χ0n) is 13.9. The van der Waals surface area contributed by atoms with E-state index < -0.39 is 7.12 Å². The van der Waals surface area contributed by atoms with Gasteiger partial charge in [0.25, 0.3) is 5.88 Å². The number of ether oxygens (including phenoxy) is 2. The predicted octanol–water partition coefficient (Wildman–Crippen LogP) is 2.54. The third-order valence-corrected chi connectivity index (χ3v) is 3.99. The van der Waals surface area contributed by atoms with Crippen LogP contribution < -0.4 is 9.47 Å². The van der Waals surface area contributed by atoms with Crippen LogP contribution in [0.3, 0.4) is 0 Å². The highest BCUT2D eigenvalue weighted by atomic mass is 16.5. The highest BCUT2D eigenvalue weighted by Gasteiger charge is 2.30. The molecule has 1 aliphatic rings. The van der Waals surface area contributed by atoms with Gasteiger partial charge in [0.2, 0.25) is 0 Å². The lowest BCUT2D eigenvalue weighted by molar-refractivity contribution is 0.283. The molecule has 2 aromatic heterocycles. The SMILES string of the molecule is CCCOc1nc(-c2cncc([C@H]3COB(O)C3)c2)ccc1OC. The van der Waals surface area contributed by atoms with E-state index in [0.717, 1.165) is 23.2 Å². The molecule has 24 heavy (non-hydrogen) atoms. The maximum Gasteiger partial charge on any atom is 0.454 e. The number of hydrogen-bond acceptors (Lipinski definition) is 6. The standard InChI is InChI=1S/C17H21BN2O4/c1-3-6-23-17-16(22-2)5-4-15(20-17)13-7-12(9-19-10-13)14-8-18(21)24-11-14/h4-5,7,9-10,14,21H,3,6,8,11H2,1-2H3/t14-/m1/s1. The lowest BCUT2D eigenvalue weighted by atomic mass is 9.80. The first kappa shape index (κ1) is 16.7. The highest BCUT2D eigenvalue weighted by molar-refractivity contribution is 6.43. The van der Waals surface area contributed by atoms with E-state index in [4.69, 9.17) is 14.1 Å². The average Bonchev–Trinajstić information content (AvgIpc) is 3.06. The van der Waals surface area contributed by atoms with E-state index in [1.807, 2.05) is 31.3 Å². The Hall–Kier alpha value is -2.12. The fraction of sp³-hybridized carbons (Fsp3) is 0.412. The van der Waals surface area contributed by atoms with Crippen molar-refractivity contribution in [2.24, 2.45) is 0 Å². The first-order valence-corrected chi connectivity index (χ1v) is 8.14. The Balaban J connectivity index is 1.88. The number of hydrogen-bond donors (Lipinski definition) is 1. The third-order valence-electron chi connectivity index (χ3n) is 3.99. The van der Waals surface area contributed by atoms with E-state index in [9.17, 15) is 5.02 Å². The van der Waals surface area contributed by atoms with Crippen molar-refractivity contribution >= 4 is 7.12 Å². The van der Waals surface area contributed by atoms with Gasteiger partial charge in [-0.1, -0.05) is 6.92 Å². The molecule has 0 radical (unpaired) electrons. The highest BCUT2D eigenvalue weighted by Crippen LogP contribution is 2.32. The van der Waals surface area contributed by atoms with Gasteiger partial charge >= 0.3 is 7.12 Å². The smallest absolute Gasteiger partial charge is 0.454 e. The summed E-state index contributed by atoms with van der Waals surface area (Å²) in [4.78, 5) is 8.88. The lowest BCUT2D eigenvalue weighted by Gasteiger charge is -2.12. The van der Waals surface area contributed by atoms with Gasteiger partial charge in [-0.3, -0.25) is 4.98 Å². The fourth-order valence-corrected chi connectivity index (χ4v) is 2.71. The van der Waals surface area contributed by atoms with Crippen molar-refractivity contribution in [3.8, 4) is 22.9 Å². The molecule has 0 bridgehead atoms. The molecule has 1 fully saturated rings. The number of rotatable bonds is 6. The van der Waals surface area contributed by atoms with Gasteiger partial charge in [-0.15, -0.1) is 0 Å². The Kier molecular flexibility index (Phi) is 5.32. The summed E-state index contributed by atoms with van der Waals surface area (Å²) in [5, 5.41) is 9.54. The van der Waals surface area contributed by atoms with Crippen LogP contribution in [0.15, 0.2) is 30.6 Å². The van der Waals surface area contributed by atoms with Crippen LogP contribution in [-0.2, 0) is 4.65 Å². The Labute approximate surface area is 142 Å². The maximum atomic E-state index is 9.54. The molecule has 1 aliphatic heterocycles. The largest absolute Gasteiger partial charge is 0.491 e. The summed E-state index contributed by atoms with van der Waals surface area (Å²) in [7, 11) is 0.912. The molecule has 0 saturated carbocycles. The summed E-state index contributed by atoms with van der Waals surface area (Å²) in [5.74, 6) is 1.26. The molecule has 0 aliphatic carbocycles. The van der Waals surface area contributed by atoms with Gasteiger partial charge < -0.3 is 19.2 Å². The van der Waals surface area contributed by atoms with Gasteiger partial charge in [-0.05, 0) is 36.5 Å². The van der Waals surface area contributed by atoms with Gasteiger partial charge in [-0.2, -0.15) is 0 Å². The average molecular weight is 328 g/mol. The fourth-order valence-electron chi connectivity index (χ4n) is 2.71. The summed E-state index contributed by atoms with van der Waals surface area (Å²) in [5.41, 5.74) is 2.71. The van der Waals surface area contributed by atoms with E-state index in [2.05, 4.69) is 9.97 Å². The molecule has 1 N–H and O–H groups in total. The van der Waals surface area contributed by atoms with Crippen molar-refractivity contribution in [2.75, 3.05) is 20.3 Å². The molecule has 126 valence electrons. The topological polar surface area (TPSA) is 73.7 Å². The molecule has 1 atom stereocenters. The van der Waals surface area contributed by atoms with Gasteiger partial charge in [0.15, 0.2) is 5.75 Å². The second-order valence-corrected chi connectivity index (χ2v) is 5.78. The van der Waals surface area contributed by atoms with Crippen LogP contribution in [0.25, 0.3) is 11.3 Å². The molecular formula is C17H21BN2O4. The van der Waals surface area contributed by atoms with Crippen LogP contribution in [0.4, 0.5) is 0 Å². The van der Waals surface area contributed by atoms with Gasteiger partial charge in [0.1, 0.15) is 0 Å². The summed E-state index contributed by atoms with van der Waals surface area (Å²) in [6.45, 7) is 3.14. The third kappa shape index (κ3) is 3.68. The monoisotopic (exact) mass is 328 g/mol. The maximum absolute atomic E-state index is 9.54. The van der Waals surface area contributed by atoms with Crippen molar-refractivity contribution in [3.63, 3.8) is 0 Å². The molecule has 0 amide bonds. The molecule has 0 spiro atoms. The number of aromatic nitrogens is 2. The molecule has 0 unspecified atom stereocenters. The van der Waals surface area contributed by atoms with Crippen molar-refractivity contribution in [2.45, 2.75) is 25.6 Å². The molecule has 7 heteroatoms. The Morgan fingerprint density at radius 3 is 2.96 bits per heavy atom. The minimum absolute atomic E-state index is 0.154. The number of nitrogens with zero attached hydrogens (tertiary/aromatic N) is 2. The van der Waals surface area contributed by atoms with Crippen LogP contribution in [-0.4, -0.2) is 42.4 Å². The predicted molar refractivity (Wildman–Crippen MR) is 91.3 cm³/mol. The first-order valence-electron chi connectivity index (χ1n) is 8.14. The Morgan fingerprint density at radius 2 is 2.25 bits per heavy atom. The molecule has 1 saturated heterocycles. The molecular weight excluding hydrogens is 307 g/mol. The van der Waals surface area contributed by atoms with Gasteiger partial charge in [-0.25, -0.2) is 4.98 Å². The normalized spacial score (nSPS) is 17.1. The quantitative estimate of drug-likeness (QED) is 0.822. The van der Waals surface area contributed by atoms with Gasteiger partial charge in [0.05, 0.1) is 19.4 Å². The molecule has 3 rings (SSSR count). The summed E-state index contributed by atoms with van der Waals surface area (Å²) in [6.07, 6.45) is 5.07. The molecule has 2 aromatic rings. The Bertz CT molecular complexity index is 698. The van der Waals surface area contributed by atoms with Crippen LogP contribution in [0.1, 0.15) is 24.8 Å². The summed E-state index contributed by atoms with van der Waals surface area (Å²) < 4.78 is 16.2. The van der Waals surface area contributed by atoms with Crippen molar-refractivity contribution < 1.29 is 19.2 Å². The van der Waals surface area contributed by atoms with Crippen molar-refractivity contribution in [1.82, 2.24) is 9.97 Å². The van der Waals surface area contributed by atoms with E-state index >= 15 is 0 Å². The van der Waals surface area contributed by atoms with E-state index in [1.165, 1.54) is 0 Å². The van der Waals surface area contributed by atoms with Crippen molar-refractivity contribution in [3.05, 3.63) is 36.2 Å². The van der Waals surface area contributed by atoms with Crippen LogP contribution in [0, 0.1) is 0 Å². The molecule has 0 aromatic carbocycles.